The summed E-state index contributed by atoms with van der Waals surface area (Å²) in [5.41, 5.74) is 1.41. The summed E-state index contributed by atoms with van der Waals surface area (Å²) in [6.07, 6.45) is 0.750. The third-order valence-electron chi connectivity index (χ3n) is 5.21. The maximum atomic E-state index is 13.0. The van der Waals surface area contributed by atoms with E-state index in [0.717, 1.165) is 17.2 Å². The summed E-state index contributed by atoms with van der Waals surface area (Å²) >= 11 is 0. The molecule has 4 nitrogen and oxygen atoms in total. The van der Waals surface area contributed by atoms with E-state index in [0.29, 0.717) is 37.3 Å². The lowest BCUT2D eigenvalue weighted by Gasteiger charge is -2.25. The van der Waals surface area contributed by atoms with Gasteiger partial charge in [-0.15, -0.1) is 0 Å². The van der Waals surface area contributed by atoms with Crippen molar-refractivity contribution < 1.29 is 9.59 Å². The molecule has 0 spiro atoms. The molecule has 0 heterocycles. The number of benzene rings is 3. The van der Waals surface area contributed by atoms with E-state index in [1.807, 2.05) is 96.4 Å². The van der Waals surface area contributed by atoms with Crippen molar-refractivity contribution in [2.75, 3.05) is 26.2 Å². The van der Waals surface area contributed by atoms with Gasteiger partial charge in [0, 0.05) is 37.3 Å². The second-order valence-electron chi connectivity index (χ2n) is 7.05. The Morgan fingerprint density at radius 2 is 1.21 bits per heavy atom. The summed E-state index contributed by atoms with van der Waals surface area (Å²) in [5, 5.41) is 2.20. The van der Waals surface area contributed by atoms with Crippen molar-refractivity contribution in [3.63, 3.8) is 0 Å². The molecule has 4 heteroatoms. The van der Waals surface area contributed by atoms with E-state index >= 15 is 0 Å². The Balaban J connectivity index is 1.61. The molecule has 2 amide bonds. The molecular weight excluding hydrogens is 360 g/mol. The van der Waals surface area contributed by atoms with Gasteiger partial charge in [-0.2, -0.15) is 0 Å². The fraction of sp³-hybridized carbons (Fsp3) is 0.280. The van der Waals surface area contributed by atoms with Crippen molar-refractivity contribution in [2.45, 2.75) is 20.3 Å². The molecule has 3 aromatic carbocycles. The second kappa shape index (κ2) is 9.87. The third-order valence-corrected chi connectivity index (χ3v) is 5.21. The highest BCUT2D eigenvalue weighted by Gasteiger charge is 2.17. The number of amides is 2. The van der Waals surface area contributed by atoms with E-state index in [-0.39, 0.29) is 11.8 Å². The molecule has 0 aliphatic carbocycles. The van der Waals surface area contributed by atoms with Crippen molar-refractivity contribution in [3.8, 4) is 0 Å². The Labute approximate surface area is 172 Å². The van der Waals surface area contributed by atoms with Gasteiger partial charge in [-0.3, -0.25) is 9.59 Å². The monoisotopic (exact) mass is 388 g/mol. The highest BCUT2D eigenvalue weighted by atomic mass is 16.2. The summed E-state index contributed by atoms with van der Waals surface area (Å²) < 4.78 is 0. The molecule has 0 saturated carbocycles. The van der Waals surface area contributed by atoms with E-state index < -0.39 is 0 Å². The number of nitrogens with zero attached hydrogens (tertiary/aromatic N) is 2. The average molecular weight is 389 g/mol. The second-order valence-corrected chi connectivity index (χ2v) is 7.05. The van der Waals surface area contributed by atoms with Gasteiger partial charge < -0.3 is 9.80 Å². The Hall–Kier alpha value is -3.14. The zero-order chi connectivity index (χ0) is 20.6. The Morgan fingerprint density at radius 1 is 0.655 bits per heavy atom. The maximum absolute atomic E-state index is 13.0. The summed E-state index contributed by atoms with van der Waals surface area (Å²) in [4.78, 5) is 29.3. The fourth-order valence-corrected chi connectivity index (χ4v) is 3.53. The number of hydrogen-bond donors (Lipinski definition) is 0. The number of rotatable bonds is 8. The van der Waals surface area contributed by atoms with E-state index in [1.54, 1.807) is 0 Å². The largest absolute Gasteiger partial charge is 0.339 e. The minimum absolute atomic E-state index is 0.0377. The molecule has 0 aliphatic heterocycles. The first kappa shape index (κ1) is 20.6. The molecule has 0 bridgehead atoms. The summed E-state index contributed by atoms with van der Waals surface area (Å²) in [6.45, 7) is 6.53. The standard InChI is InChI=1S/C25H28N2O2/c1-3-26(24(28)21-12-6-5-7-13-21)17-10-18-27(4-2)25(29)23-16-15-20-11-8-9-14-22(20)19-23/h5-9,11-16,19H,3-4,10,17-18H2,1-2H3. The molecule has 0 radical (unpaired) electrons. The highest BCUT2D eigenvalue weighted by Crippen LogP contribution is 2.17. The van der Waals surface area contributed by atoms with Gasteiger partial charge in [-0.05, 0) is 55.3 Å². The van der Waals surface area contributed by atoms with Crippen LogP contribution in [-0.4, -0.2) is 47.8 Å². The van der Waals surface area contributed by atoms with Crippen LogP contribution in [0.2, 0.25) is 0 Å². The van der Waals surface area contributed by atoms with Gasteiger partial charge in [0.15, 0.2) is 0 Å². The van der Waals surface area contributed by atoms with Crippen molar-refractivity contribution in [1.82, 2.24) is 9.80 Å². The molecule has 3 aromatic rings. The molecule has 3 rings (SSSR count). The van der Waals surface area contributed by atoms with Gasteiger partial charge in [-0.25, -0.2) is 0 Å². The van der Waals surface area contributed by atoms with E-state index in [2.05, 4.69) is 0 Å². The molecule has 150 valence electrons. The van der Waals surface area contributed by atoms with Crippen LogP contribution in [0.4, 0.5) is 0 Å². The van der Waals surface area contributed by atoms with Crippen molar-refractivity contribution >= 4 is 22.6 Å². The quantitative estimate of drug-likeness (QED) is 0.553. The number of carbonyl (C=O) groups excluding carboxylic acids is 2. The minimum atomic E-state index is 0.0377. The first-order chi connectivity index (χ1) is 14.1. The van der Waals surface area contributed by atoms with Gasteiger partial charge >= 0.3 is 0 Å². The molecular formula is C25H28N2O2. The van der Waals surface area contributed by atoms with Gasteiger partial charge in [0.1, 0.15) is 0 Å². The molecule has 0 atom stereocenters. The van der Waals surface area contributed by atoms with Crippen LogP contribution in [0.3, 0.4) is 0 Å². The molecule has 0 aromatic heterocycles. The van der Waals surface area contributed by atoms with Crippen LogP contribution in [-0.2, 0) is 0 Å². The SMILES string of the molecule is CCN(CCCN(CC)C(=O)c1ccc2ccccc2c1)C(=O)c1ccccc1. The predicted octanol–water partition coefficient (Wildman–Crippen LogP) is 4.85. The molecule has 0 saturated heterocycles. The van der Waals surface area contributed by atoms with Crippen molar-refractivity contribution in [1.29, 1.82) is 0 Å². The van der Waals surface area contributed by atoms with E-state index in [4.69, 9.17) is 0 Å². The third kappa shape index (κ3) is 5.02. The van der Waals surface area contributed by atoms with Gasteiger partial charge in [0.05, 0.1) is 0 Å². The average Bonchev–Trinajstić information content (AvgIpc) is 2.78. The molecule has 0 N–H and O–H groups in total. The van der Waals surface area contributed by atoms with Crippen LogP contribution in [0.25, 0.3) is 10.8 Å². The van der Waals surface area contributed by atoms with Crippen LogP contribution >= 0.6 is 0 Å². The van der Waals surface area contributed by atoms with Crippen LogP contribution in [0.1, 0.15) is 41.0 Å². The van der Waals surface area contributed by atoms with Gasteiger partial charge in [0.2, 0.25) is 0 Å². The lowest BCUT2D eigenvalue weighted by Crippen LogP contribution is -2.36. The first-order valence-corrected chi connectivity index (χ1v) is 10.3. The lowest BCUT2D eigenvalue weighted by atomic mass is 10.1. The zero-order valence-corrected chi connectivity index (χ0v) is 17.2. The molecule has 0 fully saturated rings. The number of fused-ring (bicyclic) bond motifs is 1. The lowest BCUT2D eigenvalue weighted by molar-refractivity contribution is 0.0727. The summed E-state index contributed by atoms with van der Waals surface area (Å²) in [6, 6.07) is 23.2. The normalized spacial score (nSPS) is 10.7. The fourth-order valence-electron chi connectivity index (χ4n) is 3.53. The molecule has 0 unspecified atom stereocenters. The van der Waals surface area contributed by atoms with Crippen LogP contribution in [0.15, 0.2) is 72.8 Å². The highest BCUT2D eigenvalue weighted by molar-refractivity contribution is 5.98. The Kier molecular flexibility index (Phi) is 7.01. The molecule has 29 heavy (non-hydrogen) atoms. The first-order valence-electron chi connectivity index (χ1n) is 10.3. The minimum Gasteiger partial charge on any atom is -0.339 e. The van der Waals surface area contributed by atoms with Crippen LogP contribution in [0.5, 0.6) is 0 Å². The van der Waals surface area contributed by atoms with Gasteiger partial charge in [-0.1, -0.05) is 48.5 Å². The predicted molar refractivity (Wildman–Crippen MR) is 118 cm³/mol. The van der Waals surface area contributed by atoms with Crippen molar-refractivity contribution in [2.24, 2.45) is 0 Å². The summed E-state index contributed by atoms with van der Waals surface area (Å²) in [5.74, 6) is 0.0766. The number of carbonyl (C=O) groups is 2. The van der Waals surface area contributed by atoms with E-state index in [9.17, 15) is 9.59 Å². The van der Waals surface area contributed by atoms with Crippen LogP contribution in [0, 0.1) is 0 Å². The Morgan fingerprint density at radius 3 is 1.83 bits per heavy atom. The smallest absolute Gasteiger partial charge is 0.253 e. The van der Waals surface area contributed by atoms with Crippen LogP contribution < -0.4 is 0 Å². The Bertz CT molecular complexity index is 969. The van der Waals surface area contributed by atoms with Gasteiger partial charge in [0.25, 0.3) is 11.8 Å². The zero-order valence-electron chi connectivity index (χ0n) is 17.2. The molecule has 0 aliphatic rings. The van der Waals surface area contributed by atoms with E-state index in [1.165, 1.54) is 0 Å². The topological polar surface area (TPSA) is 40.6 Å². The van der Waals surface area contributed by atoms with Crippen molar-refractivity contribution in [3.05, 3.63) is 83.9 Å². The summed E-state index contributed by atoms with van der Waals surface area (Å²) in [7, 11) is 0. The number of hydrogen-bond acceptors (Lipinski definition) is 2. The maximum Gasteiger partial charge on any atom is 0.253 e.